The highest BCUT2D eigenvalue weighted by atomic mass is 35.5. The molecule has 174 valence electrons. The van der Waals surface area contributed by atoms with E-state index in [1.165, 1.54) is 0 Å². The Kier molecular flexibility index (Phi) is 6.73. The highest BCUT2D eigenvalue weighted by Gasteiger charge is 2.34. The van der Waals surface area contributed by atoms with Gasteiger partial charge in [0.05, 0.1) is 17.3 Å². The molecule has 0 N–H and O–H groups in total. The molecule has 0 unspecified atom stereocenters. The van der Waals surface area contributed by atoms with Crippen LogP contribution >= 0.6 is 23.4 Å². The van der Waals surface area contributed by atoms with Crippen LogP contribution in [0.25, 0.3) is 0 Å². The second-order valence-electron chi connectivity index (χ2n) is 9.34. The van der Waals surface area contributed by atoms with Crippen LogP contribution in [0.1, 0.15) is 33.6 Å². The van der Waals surface area contributed by atoms with Crippen LogP contribution in [0, 0.1) is 11.3 Å². The lowest BCUT2D eigenvalue weighted by atomic mass is 9.91. The maximum atomic E-state index is 13.2. The van der Waals surface area contributed by atoms with Crippen molar-refractivity contribution in [3.8, 4) is 0 Å². The summed E-state index contributed by atoms with van der Waals surface area (Å²) >= 11 is 7.78. The molecular formula is C25H27ClN2O4S. The normalized spacial score (nSPS) is 16.1. The molecule has 4 rings (SSSR count). The average Bonchev–Trinajstić information content (AvgIpc) is 2.80. The lowest BCUT2D eigenvalue weighted by Crippen LogP contribution is -2.45. The van der Waals surface area contributed by atoms with Crippen LogP contribution in [0.3, 0.4) is 0 Å². The van der Waals surface area contributed by atoms with E-state index in [0.717, 1.165) is 15.5 Å². The van der Waals surface area contributed by atoms with Crippen LogP contribution in [0.15, 0.2) is 52.3 Å². The van der Waals surface area contributed by atoms with E-state index >= 15 is 0 Å². The Morgan fingerprint density at radius 2 is 1.70 bits per heavy atom. The third kappa shape index (κ3) is 5.04. The van der Waals surface area contributed by atoms with E-state index in [2.05, 4.69) is 0 Å². The van der Waals surface area contributed by atoms with Crippen LogP contribution in [0.2, 0.25) is 5.02 Å². The summed E-state index contributed by atoms with van der Waals surface area (Å²) in [5.74, 6) is -0.951. The number of hydrogen-bond donors (Lipinski definition) is 0. The Bertz CT molecular complexity index is 1090. The monoisotopic (exact) mass is 486 g/mol. The van der Waals surface area contributed by atoms with Crippen molar-refractivity contribution in [3.63, 3.8) is 0 Å². The van der Waals surface area contributed by atoms with Gasteiger partial charge in [-0.1, -0.05) is 56.3 Å². The number of piperidine rings is 1. The van der Waals surface area contributed by atoms with E-state index in [-0.39, 0.29) is 24.3 Å². The lowest BCUT2D eigenvalue weighted by molar-refractivity contribution is -0.155. The maximum Gasteiger partial charge on any atom is 0.309 e. The number of likely N-dealkylation sites (tertiary alicyclic amines) is 1. The molecule has 0 aromatic heterocycles. The Labute approximate surface area is 203 Å². The smallest absolute Gasteiger partial charge is 0.309 e. The summed E-state index contributed by atoms with van der Waals surface area (Å²) in [5, 5.41) is 0.528. The number of carbonyl (C=O) groups is 3. The van der Waals surface area contributed by atoms with Crippen LogP contribution < -0.4 is 4.90 Å². The number of fused-ring (bicyclic) bond motifs is 2. The van der Waals surface area contributed by atoms with E-state index in [0.29, 0.717) is 36.6 Å². The predicted octanol–water partition coefficient (Wildman–Crippen LogP) is 5.30. The minimum absolute atomic E-state index is 0.0865. The third-order valence-corrected chi connectivity index (χ3v) is 7.20. The second kappa shape index (κ2) is 9.39. The Morgan fingerprint density at radius 1 is 1.03 bits per heavy atom. The number of carbonyl (C=O) groups excluding carboxylic acids is 3. The largest absolute Gasteiger partial charge is 0.455 e. The average molecular weight is 487 g/mol. The molecule has 1 saturated heterocycles. The van der Waals surface area contributed by atoms with Crippen LogP contribution in [0.5, 0.6) is 0 Å². The molecule has 0 saturated carbocycles. The molecule has 0 aliphatic carbocycles. The summed E-state index contributed by atoms with van der Waals surface area (Å²) in [5.41, 5.74) is 0.982. The van der Waals surface area contributed by atoms with Gasteiger partial charge in [0.1, 0.15) is 0 Å². The Morgan fingerprint density at radius 3 is 2.39 bits per heavy atom. The lowest BCUT2D eigenvalue weighted by Gasteiger charge is -2.35. The van der Waals surface area contributed by atoms with Gasteiger partial charge in [-0.2, -0.15) is 0 Å². The van der Waals surface area contributed by atoms with Gasteiger partial charge in [-0.05, 0) is 43.2 Å². The molecule has 0 radical (unpaired) electrons. The van der Waals surface area contributed by atoms with Crippen LogP contribution in [-0.4, -0.2) is 42.4 Å². The molecule has 2 aliphatic heterocycles. The van der Waals surface area contributed by atoms with Gasteiger partial charge in [0.25, 0.3) is 5.91 Å². The Balaban J connectivity index is 1.41. The van der Waals surface area contributed by atoms with Gasteiger partial charge in [0.15, 0.2) is 6.61 Å². The molecule has 2 heterocycles. The fourth-order valence-corrected chi connectivity index (χ4v) is 5.31. The van der Waals surface area contributed by atoms with Crippen LogP contribution in [0.4, 0.5) is 11.4 Å². The number of ether oxygens (including phenoxy) is 1. The highest BCUT2D eigenvalue weighted by Crippen LogP contribution is 2.48. The number of rotatable bonds is 3. The van der Waals surface area contributed by atoms with Gasteiger partial charge in [-0.15, -0.1) is 0 Å². The van der Waals surface area contributed by atoms with E-state index in [1.54, 1.807) is 33.7 Å². The molecule has 6 nitrogen and oxygen atoms in total. The van der Waals surface area contributed by atoms with Crippen molar-refractivity contribution in [2.45, 2.75) is 43.4 Å². The first-order valence-electron chi connectivity index (χ1n) is 11.0. The molecule has 0 bridgehead atoms. The molecule has 2 aromatic rings. The van der Waals surface area contributed by atoms with E-state index < -0.39 is 11.4 Å². The number of para-hydroxylation sites is 1. The maximum absolute atomic E-state index is 13.2. The van der Waals surface area contributed by atoms with Crippen molar-refractivity contribution in [2.75, 3.05) is 24.6 Å². The number of anilines is 2. The fourth-order valence-electron chi connectivity index (χ4n) is 4.10. The van der Waals surface area contributed by atoms with Crippen molar-refractivity contribution >= 4 is 52.5 Å². The van der Waals surface area contributed by atoms with Crippen molar-refractivity contribution in [3.05, 3.63) is 47.5 Å². The third-order valence-electron chi connectivity index (χ3n) is 5.83. The van der Waals surface area contributed by atoms with Gasteiger partial charge >= 0.3 is 5.97 Å². The molecule has 2 amide bonds. The first-order valence-corrected chi connectivity index (χ1v) is 12.2. The second-order valence-corrected chi connectivity index (χ2v) is 10.9. The van der Waals surface area contributed by atoms with Gasteiger partial charge in [0, 0.05) is 33.3 Å². The number of benzene rings is 2. The molecule has 0 spiro atoms. The van der Waals surface area contributed by atoms with E-state index in [4.69, 9.17) is 16.3 Å². The van der Waals surface area contributed by atoms with E-state index in [1.807, 2.05) is 51.1 Å². The zero-order chi connectivity index (χ0) is 23.8. The predicted molar refractivity (Wildman–Crippen MR) is 129 cm³/mol. The van der Waals surface area contributed by atoms with Gasteiger partial charge in [0.2, 0.25) is 5.91 Å². The molecule has 0 atom stereocenters. The topological polar surface area (TPSA) is 66.9 Å². The van der Waals surface area contributed by atoms with Gasteiger partial charge in [-0.3, -0.25) is 19.3 Å². The fraction of sp³-hybridized carbons (Fsp3) is 0.400. The van der Waals surface area contributed by atoms with Crippen molar-refractivity contribution < 1.29 is 19.1 Å². The Hall–Kier alpha value is -2.51. The number of esters is 1. The number of amides is 2. The number of hydrogen-bond acceptors (Lipinski definition) is 5. The highest BCUT2D eigenvalue weighted by molar-refractivity contribution is 7.99. The summed E-state index contributed by atoms with van der Waals surface area (Å²) in [4.78, 5) is 43.6. The van der Waals surface area contributed by atoms with Crippen molar-refractivity contribution in [1.82, 2.24) is 4.90 Å². The quantitative estimate of drug-likeness (QED) is 0.551. The minimum Gasteiger partial charge on any atom is -0.455 e. The summed E-state index contributed by atoms with van der Waals surface area (Å²) in [6, 6.07) is 13.0. The zero-order valence-electron chi connectivity index (χ0n) is 19.0. The molecule has 8 heteroatoms. The molecular weight excluding hydrogens is 460 g/mol. The summed E-state index contributed by atoms with van der Waals surface area (Å²) in [7, 11) is 0. The minimum atomic E-state index is -0.442. The van der Waals surface area contributed by atoms with E-state index in [9.17, 15) is 14.4 Å². The zero-order valence-corrected chi connectivity index (χ0v) is 20.5. The number of nitrogens with zero attached hydrogens (tertiary/aromatic N) is 2. The first kappa shape index (κ1) is 23.6. The number of halogens is 1. The standard InChI is InChI=1S/C25H27ClN2O4S/c1-25(2,3)24(31)27-12-10-16(11-13-27)23(30)32-15-22(29)28-18-6-4-5-7-20(18)33-21-9-8-17(26)14-19(21)28/h4-9,14,16H,10-13,15H2,1-3H3. The van der Waals surface area contributed by atoms with Gasteiger partial charge in [-0.25, -0.2) is 0 Å². The summed E-state index contributed by atoms with van der Waals surface area (Å²) < 4.78 is 5.45. The molecule has 2 aliphatic rings. The summed E-state index contributed by atoms with van der Waals surface area (Å²) in [6.45, 7) is 6.36. The van der Waals surface area contributed by atoms with Crippen LogP contribution in [-0.2, 0) is 19.1 Å². The summed E-state index contributed by atoms with van der Waals surface area (Å²) in [6.07, 6.45) is 1.08. The van der Waals surface area contributed by atoms with Gasteiger partial charge < -0.3 is 9.64 Å². The first-order chi connectivity index (χ1) is 15.6. The molecule has 2 aromatic carbocycles. The SMILES string of the molecule is CC(C)(C)C(=O)N1CCC(C(=O)OCC(=O)N2c3ccccc3Sc3ccc(Cl)cc32)CC1. The van der Waals surface area contributed by atoms with Crippen molar-refractivity contribution in [2.24, 2.45) is 11.3 Å². The molecule has 33 heavy (non-hydrogen) atoms. The van der Waals surface area contributed by atoms with Crippen molar-refractivity contribution in [1.29, 1.82) is 0 Å². The molecule has 1 fully saturated rings.